The highest BCUT2D eigenvalue weighted by Gasteiger charge is 2.19. The molecule has 0 saturated heterocycles. The largest absolute Gasteiger partial charge is 0.506 e. The van der Waals surface area contributed by atoms with Crippen molar-refractivity contribution in [1.82, 2.24) is 0 Å². The fourth-order valence-electron chi connectivity index (χ4n) is 2.98. The Labute approximate surface area is 160 Å². The van der Waals surface area contributed by atoms with E-state index in [1.807, 2.05) is 36.4 Å². The summed E-state index contributed by atoms with van der Waals surface area (Å²) < 4.78 is 10.6. The zero-order valence-corrected chi connectivity index (χ0v) is 14.8. The van der Waals surface area contributed by atoms with Gasteiger partial charge in [0.05, 0.1) is 5.56 Å². The smallest absolute Gasteiger partial charge is 0.344 e. The molecule has 3 aromatic carbocycles. The minimum absolute atomic E-state index is 0.0130. The van der Waals surface area contributed by atoms with Gasteiger partial charge < -0.3 is 14.3 Å². The summed E-state index contributed by atoms with van der Waals surface area (Å²) in [6.45, 7) is 0.0848. The van der Waals surface area contributed by atoms with Crippen LogP contribution in [0.1, 0.15) is 15.9 Å². The van der Waals surface area contributed by atoms with Crippen LogP contribution >= 0.6 is 0 Å². The maximum atomic E-state index is 12.4. The molecule has 1 aromatic heterocycles. The Morgan fingerprint density at radius 2 is 1.64 bits per heavy atom. The molecular weight excluding hydrogens is 356 g/mol. The van der Waals surface area contributed by atoms with Gasteiger partial charge in [0.1, 0.15) is 23.5 Å². The van der Waals surface area contributed by atoms with Crippen molar-refractivity contribution in [2.75, 3.05) is 0 Å². The molecule has 0 amide bonds. The normalized spacial score (nSPS) is 10.7. The quantitative estimate of drug-likeness (QED) is 0.421. The molecule has 0 radical (unpaired) electrons. The van der Waals surface area contributed by atoms with Crippen LogP contribution in [0.3, 0.4) is 0 Å². The fraction of sp³-hybridized carbons (Fsp3) is 0.0435. The number of benzene rings is 3. The average Bonchev–Trinajstić information content (AvgIpc) is 2.72. The first-order chi connectivity index (χ1) is 13.6. The molecule has 5 nitrogen and oxygen atoms in total. The third-order valence-corrected chi connectivity index (χ3v) is 4.40. The molecule has 0 bridgehead atoms. The molecular formula is C23H16O5. The van der Waals surface area contributed by atoms with Gasteiger partial charge in [0.25, 0.3) is 0 Å². The molecule has 1 N–H and O–H groups in total. The van der Waals surface area contributed by atoms with Crippen molar-refractivity contribution in [3.05, 3.63) is 100 Å². The van der Waals surface area contributed by atoms with Crippen LogP contribution in [-0.4, -0.2) is 11.1 Å². The highest BCUT2D eigenvalue weighted by Crippen LogP contribution is 2.32. The molecule has 1 heterocycles. The number of phenols is 1. The molecule has 0 aliphatic rings. The SMILES string of the molecule is O=C(OCc1ccccc1)c1cccc(-c2cc3ccccc3oc2=O)c1O. The van der Waals surface area contributed by atoms with Crippen LogP contribution in [0.4, 0.5) is 0 Å². The first-order valence-electron chi connectivity index (χ1n) is 8.70. The van der Waals surface area contributed by atoms with Gasteiger partial charge in [0.2, 0.25) is 0 Å². The van der Waals surface area contributed by atoms with Gasteiger partial charge in [-0.2, -0.15) is 0 Å². The first kappa shape index (κ1) is 17.5. The number of fused-ring (bicyclic) bond motifs is 1. The van der Waals surface area contributed by atoms with Gasteiger partial charge in [0, 0.05) is 10.9 Å². The zero-order valence-electron chi connectivity index (χ0n) is 14.8. The van der Waals surface area contributed by atoms with Crippen molar-refractivity contribution in [2.45, 2.75) is 6.61 Å². The molecule has 0 aliphatic heterocycles. The third kappa shape index (κ3) is 3.38. The summed E-state index contributed by atoms with van der Waals surface area (Å²) in [7, 11) is 0. The molecule has 0 spiro atoms. The summed E-state index contributed by atoms with van der Waals surface area (Å²) in [5.74, 6) is -0.989. The summed E-state index contributed by atoms with van der Waals surface area (Å²) >= 11 is 0. The standard InChI is InChI=1S/C23H16O5/c24-21-17(19-13-16-9-4-5-12-20(16)28-23(19)26)10-6-11-18(21)22(25)27-14-15-7-2-1-3-8-15/h1-13,24H,14H2. The zero-order chi connectivity index (χ0) is 19.5. The lowest BCUT2D eigenvalue weighted by atomic mass is 10.0. The second-order valence-electron chi connectivity index (χ2n) is 6.25. The van der Waals surface area contributed by atoms with E-state index in [0.29, 0.717) is 11.0 Å². The van der Waals surface area contributed by atoms with E-state index in [0.717, 1.165) is 5.56 Å². The average molecular weight is 372 g/mol. The lowest BCUT2D eigenvalue weighted by molar-refractivity contribution is 0.0469. The van der Waals surface area contributed by atoms with Gasteiger partial charge >= 0.3 is 11.6 Å². The predicted octanol–water partition coefficient (Wildman–Crippen LogP) is 4.52. The Hall–Kier alpha value is -3.86. The van der Waals surface area contributed by atoms with Gasteiger partial charge in [-0.1, -0.05) is 60.7 Å². The highest BCUT2D eigenvalue weighted by atomic mass is 16.5. The Bertz CT molecular complexity index is 1210. The number of hydrogen-bond acceptors (Lipinski definition) is 5. The van der Waals surface area contributed by atoms with Gasteiger partial charge in [-0.25, -0.2) is 9.59 Å². The van der Waals surface area contributed by atoms with Crippen molar-refractivity contribution >= 4 is 16.9 Å². The summed E-state index contributed by atoms with van der Waals surface area (Å²) in [6, 6.07) is 22.6. The van der Waals surface area contributed by atoms with Crippen molar-refractivity contribution in [3.8, 4) is 16.9 Å². The number of para-hydroxylation sites is 2. The maximum absolute atomic E-state index is 12.4. The van der Waals surface area contributed by atoms with E-state index < -0.39 is 11.6 Å². The lowest BCUT2D eigenvalue weighted by Gasteiger charge is -2.10. The van der Waals surface area contributed by atoms with E-state index in [-0.39, 0.29) is 29.0 Å². The van der Waals surface area contributed by atoms with E-state index in [2.05, 4.69) is 0 Å². The molecule has 138 valence electrons. The Morgan fingerprint density at radius 1 is 0.893 bits per heavy atom. The predicted molar refractivity (Wildman–Crippen MR) is 105 cm³/mol. The van der Waals surface area contributed by atoms with E-state index >= 15 is 0 Å². The van der Waals surface area contributed by atoms with Gasteiger partial charge in [-0.15, -0.1) is 0 Å². The first-order valence-corrected chi connectivity index (χ1v) is 8.70. The molecule has 0 unspecified atom stereocenters. The van der Waals surface area contributed by atoms with E-state index in [1.165, 1.54) is 6.07 Å². The second-order valence-corrected chi connectivity index (χ2v) is 6.25. The van der Waals surface area contributed by atoms with Crippen molar-refractivity contribution in [3.63, 3.8) is 0 Å². The van der Waals surface area contributed by atoms with Crippen molar-refractivity contribution in [2.24, 2.45) is 0 Å². The topological polar surface area (TPSA) is 76.7 Å². The van der Waals surface area contributed by atoms with Gasteiger partial charge in [-0.05, 0) is 23.8 Å². The van der Waals surface area contributed by atoms with E-state index in [1.54, 1.807) is 36.4 Å². The van der Waals surface area contributed by atoms with E-state index in [4.69, 9.17) is 9.15 Å². The molecule has 0 fully saturated rings. The molecule has 28 heavy (non-hydrogen) atoms. The highest BCUT2D eigenvalue weighted by molar-refractivity contribution is 5.96. The Morgan fingerprint density at radius 3 is 2.46 bits per heavy atom. The summed E-state index contributed by atoms with van der Waals surface area (Å²) in [5, 5.41) is 11.3. The monoisotopic (exact) mass is 372 g/mol. The summed E-state index contributed by atoms with van der Waals surface area (Å²) in [6.07, 6.45) is 0. The number of esters is 1. The van der Waals surface area contributed by atoms with Crippen LogP contribution in [0.25, 0.3) is 22.1 Å². The second kappa shape index (κ2) is 7.40. The number of phenolic OH excluding ortho intramolecular Hbond substituents is 1. The molecule has 4 rings (SSSR count). The fourth-order valence-corrected chi connectivity index (χ4v) is 2.98. The summed E-state index contributed by atoms with van der Waals surface area (Å²) in [4.78, 5) is 24.8. The number of carbonyl (C=O) groups excluding carboxylic acids is 1. The molecule has 5 heteroatoms. The van der Waals surface area contributed by atoms with Crippen LogP contribution in [-0.2, 0) is 11.3 Å². The number of rotatable bonds is 4. The minimum atomic E-state index is -0.673. The number of aromatic hydroxyl groups is 1. The van der Waals surface area contributed by atoms with Crippen LogP contribution in [0.2, 0.25) is 0 Å². The molecule has 4 aromatic rings. The van der Waals surface area contributed by atoms with Gasteiger partial charge in [-0.3, -0.25) is 0 Å². The lowest BCUT2D eigenvalue weighted by Crippen LogP contribution is -2.07. The molecule has 0 aliphatic carbocycles. The Balaban J connectivity index is 1.68. The van der Waals surface area contributed by atoms with Gasteiger partial charge in [0.15, 0.2) is 0 Å². The minimum Gasteiger partial charge on any atom is -0.506 e. The van der Waals surface area contributed by atoms with Crippen LogP contribution in [0.15, 0.2) is 88.1 Å². The molecule has 0 atom stereocenters. The third-order valence-electron chi connectivity index (χ3n) is 4.40. The van der Waals surface area contributed by atoms with Crippen LogP contribution in [0, 0.1) is 0 Å². The van der Waals surface area contributed by atoms with E-state index in [9.17, 15) is 14.7 Å². The molecule has 0 saturated carbocycles. The van der Waals surface area contributed by atoms with Crippen molar-refractivity contribution in [1.29, 1.82) is 0 Å². The van der Waals surface area contributed by atoms with Crippen LogP contribution in [0.5, 0.6) is 5.75 Å². The number of hydrogen-bond donors (Lipinski definition) is 1. The maximum Gasteiger partial charge on any atom is 0.344 e. The summed E-state index contributed by atoms with van der Waals surface area (Å²) in [5.41, 5.74) is 1.07. The number of carbonyl (C=O) groups is 1. The van der Waals surface area contributed by atoms with Crippen LogP contribution < -0.4 is 5.63 Å². The van der Waals surface area contributed by atoms with Crippen molar-refractivity contribution < 1.29 is 19.1 Å². The Kier molecular flexibility index (Phi) is 4.64. The number of ether oxygens (including phenoxy) is 1.